The number of nitrogens with one attached hydrogen (secondary N) is 2. The minimum atomic E-state index is -0.564. The maximum Gasteiger partial charge on any atom is 0.325 e. The molecule has 0 bridgehead atoms. The van der Waals surface area contributed by atoms with Crippen molar-refractivity contribution in [3.05, 3.63) is 44.8 Å². The zero-order valence-electron chi connectivity index (χ0n) is 11.4. The Balaban J connectivity index is 3.02. The zero-order valence-corrected chi connectivity index (χ0v) is 11.4. The summed E-state index contributed by atoms with van der Waals surface area (Å²) in [4.78, 5) is 41.2. The number of aromatic amines is 2. The maximum atomic E-state index is 12.2. The molecule has 0 spiro atoms. The van der Waals surface area contributed by atoms with Gasteiger partial charge in [-0.1, -0.05) is 6.08 Å². The molecule has 0 fully saturated rings. The minimum absolute atomic E-state index is 0.0210. The van der Waals surface area contributed by atoms with Gasteiger partial charge in [0.1, 0.15) is 0 Å². The van der Waals surface area contributed by atoms with Crippen LogP contribution in [0.4, 0.5) is 0 Å². The highest BCUT2D eigenvalue weighted by Gasteiger charge is 2.18. The third kappa shape index (κ3) is 3.67. The first-order chi connectivity index (χ1) is 8.86. The number of aromatic nitrogens is 2. The highest BCUT2D eigenvalue weighted by atomic mass is 16.2. The molecule has 0 unspecified atom stereocenters. The van der Waals surface area contributed by atoms with Gasteiger partial charge in [0.25, 0.3) is 5.56 Å². The average molecular weight is 265 g/mol. The summed E-state index contributed by atoms with van der Waals surface area (Å²) in [5.41, 5.74) is -0.369. The van der Waals surface area contributed by atoms with Crippen LogP contribution < -0.4 is 11.2 Å². The fourth-order valence-corrected chi connectivity index (χ4v) is 1.83. The van der Waals surface area contributed by atoms with Crippen LogP contribution >= 0.6 is 0 Å². The molecule has 0 radical (unpaired) electrons. The van der Waals surface area contributed by atoms with Gasteiger partial charge in [-0.05, 0) is 20.8 Å². The van der Waals surface area contributed by atoms with Gasteiger partial charge in [-0.2, -0.15) is 0 Å². The normalized spacial score (nSPS) is 10.5. The van der Waals surface area contributed by atoms with Crippen molar-refractivity contribution in [2.45, 2.75) is 33.2 Å². The summed E-state index contributed by atoms with van der Waals surface area (Å²) in [7, 11) is 0. The van der Waals surface area contributed by atoms with Gasteiger partial charge in [-0.15, -0.1) is 6.58 Å². The van der Waals surface area contributed by atoms with E-state index in [1.807, 2.05) is 13.8 Å². The topological polar surface area (TPSA) is 86.0 Å². The average Bonchev–Trinajstić information content (AvgIpc) is 2.29. The molecule has 0 saturated carbocycles. The van der Waals surface area contributed by atoms with Crippen LogP contribution in [0.5, 0.6) is 0 Å². The third-order valence-corrected chi connectivity index (χ3v) is 2.85. The molecule has 0 aliphatic heterocycles. The van der Waals surface area contributed by atoms with Gasteiger partial charge < -0.3 is 9.88 Å². The lowest BCUT2D eigenvalue weighted by molar-refractivity contribution is -0.131. The first kappa shape index (κ1) is 14.9. The van der Waals surface area contributed by atoms with E-state index in [0.29, 0.717) is 17.8 Å². The summed E-state index contributed by atoms with van der Waals surface area (Å²) in [5.74, 6) is -0.171. The van der Waals surface area contributed by atoms with E-state index in [0.717, 1.165) is 0 Å². The van der Waals surface area contributed by atoms with Crippen LogP contribution in [0, 0.1) is 6.92 Å². The summed E-state index contributed by atoms with van der Waals surface area (Å²) >= 11 is 0. The summed E-state index contributed by atoms with van der Waals surface area (Å²) in [5, 5.41) is 0. The van der Waals surface area contributed by atoms with E-state index in [-0.39, 0.29) is 18.4 Å². The van der Waals surface area contributed by atoms with Crippen molar-refractivity contribution in [1.29, 1.82) is 0 Å². The molecule has 0 aliphatic carbocycles. The molecule has 0 aromatic carbocycles. The van der Waals surface area contributed by atoms with Crippen LogP contribution in [-0.4, -0.2) is 33.4 Å². The summed E-state index contributed by atoms with van der Waals surface area (Å²) in [6.07, 6.45) is 1.60. The lowest BCUT2D eigenvalue weighted by atomic mass is 10.1. The number of amides is 1. The van der Waals surface area contributed by atoms with Crippen LogP contribution in [0.1, 0.15) is 25.1 Å². The number of aryl methyl sites for hydroxylation is 1. The van der Waals surface area contributed by atoms with Crippen LogP contribution in [-0.2, 0) is 11.2 Å². The first-order valence-electron chi connectivity index (χ1n) is 6.09. The molecule has 1 rings (SSSR count). The largest absolute Gasteiger partial charge is 0.336 e. The summed E-state index contributed by atoms with van der Waals surface area (Å²) in [6, 6.07) is 0.0210. The Hall–Kier alpha value is -2.11. The Morgan fingerprint density at radius 2 is 2.00 bits per heavy atom. The number of hydrogen-bond acceptors (Lipinski definition) is 3. The van der Waals surface area contributed by atoms with E-state index < -0.39 is 11.2 Å². The van der Waals surface area contributed by atoms with Gasteiger partial charge >= 0.3 is 5.69 Å². The van der Waals surface area contributed by atoms with Gasteiger partial charge in [0.2, 0.25) is 5.91 Å². The molecular formula is C13H19N3O3. The Bertz CT molecular complexity index is 584. The number of rotatable bonds is 5. The Kier molecular flexibility index (Phi) is 4.86. The van der Waals surface area contributed by atoms with Crippen molar-refractivity contribution in [2.75, 3.05) is 6.54 Å². The van der Waals surface area contributed by atoms with Crippen LogP contribution in [0.15, 0.2) is 22.2 Å². The Labute approximate surface area is 111 Å². The van der Waals surface area contributed by atoms with Gasteiger partial charge in [0.05, 0.1) is 6.42 Å². The first-order valence-corrected chi connectivity index (χ1v) is 6.09. The summed E-state index contributed by atoms with van der Waals surface area (Å²) < 4.78 is 0. The lowest BCUT2D eigenvalue weighted by Crippen LogP contribution is -2.39. The second-order valence-corrected chi connectivity index (χ2v) is 4.62. The van der Waals surface area contributed by atoms with Crippen molar-refractivity contribution in [3.8, 4) is 0 Å². The van der Waals surface area contributed by atoms with E-state index >= 15 is 0 Å². The highest BCUT2D eigenvalue weighted by Crippen LogP contribution is 2.05. The van der Waals surface area contributed by atoms with Crippen molar-refractivity contribution in [2.24, 2.45) is 0 Å². The van der Waals surface area contributed by atoms with Crippen molar-refractivity contribution in [3.63, 3.8) is 0 Å². The van der Waals surface area contributed by atoms with Gasteiger partial charge in [-0.25, -0.2) is 4.79 Å². The number of H-pyrrole nitrogens is 2. The molecule has 1 aromatic rings. The highest BCUT2D eigenvalue weighted by molar-refractivity contribution is 5.79. The van der Waals surface area contributed by atoms with E-state index in [9.17, 15) is 14.4 Å². The second kappa shape index (κ2) is 6.17. The van der Waals surface area contributed by atoms with E-state index in [1.54, 1.807) is 17.9 Å². The fraction of sp³-hybridized carbons (Fsp3) is 0.462. The molecule has 1 aromatic heterocycles. The van der Waals surface area contributed by atoms with Crippen LogP contribution in [0.25, 0.3) is 0 Å². The van der Waals surface area contributed by atoms with E-state index in [2.05, 4.69) is 16.5 Å². The predicted octanol–water partition coefficient (Wildman–Crippen LogP) is 0.337. The van der Waals surface area contributed by atoms with Crippen molar-refractivity contribution >= 4 is 5.91 Å². The van der Waals surface area contributed by atoms with Crippen LogP contribution in [0.3, 0.4) is 0 Å². The molecule has 6 nitrogen and oxygen atoms in total. The second-order valence-electron chi connectivity index (χ2n) is 4.62. The number of carbonyl (C=O) groups excluding carboxylic acids is 1. The molecule has 19 heavy (non-hydrogen) atoms. The minimum Gasteiger partial charge on any atom is -0.336 e. The molecular weight excluding hydrogens is 246 g/mol. The number of hydrogen-bond donors (Lipinski definition) is 2. The molecule has 0 atom stereocenters. The smallest absolute Gasteiger partial charge is 0.325 e. The molecule has 1 heterocycles. The standard InChI is InChI=1S/C13H19N3O3/c1-5-6-16(8(2)3)11(17)7-10-9(4)14-13(19)15-12(10)18/h5,8H,1,6-7H2,2-4H3,(H2,14,15,18,19). The monoisotopic (exact) mass is 265 g/mol. The number of nitrogens with zero attached hydrogens (tertiary/aromatic N) is 1. The molecule has 0 aliphatic rings. The molecule has 104 valence electrons. The van der Waals surface area contributed by atoms with Gasteiger partial charge in [0.15, 0.2) is 0 Å². The molecule has 2 N–H and O–H groups in total. The van der Waals surface area contributed by atoms with Crippen molar-refractivity contribution < 1.29 is 4.79 Å². The van der Waals surface area contributed by atoms with Gasteiger partial charge in [0, 0.05) is 23.8 Å². The van der Waals surface area contributed by atoms with Gasteiger partial charge in [-0.3, -0.25) is 14.6 Å². The third-order valence-electron chi connectivity index (χ3n) is 2.85. The van der Waals surface area contributed by atoms with E-state index in [1.165, 1.54) is 0 Å². The quantitative estimate of drug-likeness (QED) is 0.753. The van der Waals surface area contributed by atoms with Crippen LogP contribution in [0.2, 0.25) is 0 Å². The Morgan fingerprint density at radius 3 is 2.47 bits per heavy atom. The SMILES string of the molecule is C=CCN(C(=O)Cc1c(C)[nH]c(=O)[nH]c1=O)C(C)C. The van der Waals surface area contributed by atoms with E-state index in [4.69, 9.17) is 0 Å². The maximum absolute atomic E-state index is 12.2. The molecule has 6 heteroatoms. The lowest BCUT2D eigenvalue weighted by Gasteiger charge is -2.25. The zero-order chi connectivity index (χ0) is 14.6. The molecule has 0 saturated heterocycles. The van der Waals surface area contributed by atoms with Crippen molar-refractivity contribution in [1.82, 2.24) is 14.9 Å². The number of carbonyl (C=O) groups is 1. The predicted molar refractivity (Wildman–Crippen MR) is 73.2 cm³/mol. The Morgan fingerprint density at radius 1 is 1.37 bits per heavy atom. The molecule has 1 amide bonds. The fourth-order valence-electron chi connectivity index (χ4n) is 1.83. The summed E-state index contributed by atoms with van der Waals surface area (Å²) in [6.45, 7) is 9.43.